The molecule has 0 bridgehead atoms. The van der Waals surface area contributed by atoms with E-state index in [1.54, 1.807) is 19.2 Å². The third-order valence-electron chi connectivity index (χ3n) is 3.75. The molecule has 0 aromatic heterocycles. The summed E-state index contributed by atoms with van der Waals surface area (Å²) in [6.45, 7) is 1.59. The molecule has 6 heteroatoms. The molecule has 6 nitrogen and oxygen atoms in total. The first-order valence-corrected chi connectivity index (χ1v) is 7.14. The standard InChI is InChI=1S/C15H23N3O3/c1-18(10-12-5-3-4-8-21-12)14-9-11(20-2)6-7-13(14)15(16)17-19/h6-7,9,12,19H,3-5,8,10H2,1-2H3,(H2,16,17). The molecule has 116 valence electrons. The summed E-state index contributed by atoms with van der Waals surface area (Å²) in [5.74, 6) is 0.819. The fourth-order valence-electron chi connectivity index (χ4n) is 2.58. The van der Waals surface area contributed by atoms with Gasteiger partial charge < -0.3 is 25.3 Å². The Morgan fingerprint density at radius 1 is 1.52 bits per heavy atom. The van der Waals surface area contributed by atoms with Gasteiger partial charge in [0.1, 0.15) is 5.75 Å². The largest absolute Gasteiger partial charge is 0.497 e. The van der Waals surface area contributed by atoms with Crippen molar-refractivity contribution >= 4 is 11.5 Å². The number of hydrogen-bond donors (Lipinski definition) is 2. The molecule has 1 aliphatic rings. The van der Waals surface area contributed by atoms with E-state index in [9.17, 15) is 0 Å². The Bertz CT molecular complexity index is 499. The Kier molecular flexibility index (Phi) is 5.27. The average Bonchev–Trinajstić information content (AvgIpc) is 2.54. The van der Waals surface area contributed by atoms with Crippen LogP contribution in [0.5, 0.6) is 5.75 Å². The number of anilines is 1. The molecule has 1 heterocycles. The van der Waals surface area contributed by atoms with Gasteiger partial charge in [0.15, 0.2) is 5.84 Å². The first-order valence-electron chi connectivity index (χ1n) is 7.14. The topological polar surface area (TPSA) is 80.3 Å². The lowest BCUT2D eigenvalue weighted by molar-refractivity contribution is 0.0216. The predicted molar refractivity (Wildman–Crippen MR) is 82.4 cm³/mol. The number of rotatable bonds is 5. The first kappa shape index (κ1) is 15.4. The second-order valence-corrected chi connectivity index (χ2v) is 5.24. The molecule has 0 saturated carbocycles. The molecule has 1 aliphatic heterocycles. The second-order valence-electron chi connectivity index (χ2n) is 5.24. The van der Waals surface area contributed by atoms with Gasteiger partial charge in [0, 0.05) is 31.8 Å². The van der Waals surface area contributed by atoms with Gasteiger partial charge in [-0.25, -0.2) is 0 Å². The third-order valence-corrected chi connectivity index (χ3v) is 3.75. The molecule has 1 aromatic rings. The zero-order valence-electron chi connectivity index (χ0n) is 12.6. The van der Waals surface area contributed by atoms with Crippen LogP contribution < -0.4 is 15.4 Å². The molecule has 21 heavy (non-hydrogen) atoms. The van der Waals surface area contributed by atoms with Gasteiger partial charge in [0.25, 0.3) is 0 Å². The van der Waals surface area contributed by atoms with E-state index in [1.807, 2.05) is 13.1 Å². The summed E-state index contributed by atoms with van der Waals surface area (Å²) in [6.07, 6.45) is 3.61. The minimum Gasteiger partial charge on any atom is -0.497 e. The highest BCUT2D eigenvalue weighted by Gasteiger charge is 2.19. The number of methoxy groups -OCH3 is 1. The van der Waals surface area contributed by atoms with E-state index >= 15 is 0 Å². The van der Waals surface area contributed by atoms with Crippen molar-refractivity contribution < 1.29 is 14.7 Å². The molecule has 1 atom stereocenters. The van der Waals surface area contributed by atoms with E-state index in [-0.39, 0.29) is 11.9 Å². The fraction of sp³-hybridized carbons (Fsp3) is 0.533. The van der Waals surface area contributed by atoms with E-state index in [0.717, 1.165) is 37.4 Å². The lowest BCUT2D eigenvalue weighted by Crippen LogP contribution is -2.34. The predicted octanol–water partition coefficient (Wildman–Crippen LogP) is 1.79. The second kappa shape index (κ2) is 7.17. The van der Waals surface area contributed by atoms with Crippen LogP contribution in [0.1, 0.15) is 24.8 Å². The minimum absolute atomic E-state index is 0.0871. The summed E-state index contributed by atoms with van der Waals surface area (Å²) in [5, 5.41) is 12.0. The van der Waals surface area contributed by atoms with E-state index in [2.05, 4.69) is 10.1 Å². The number of nitrogens with zero attached hydrogens (tertiary/aromatic N) is 2. The Labute approximate surface area is 125 Å². The zero-order chi connectivity index (χ0) is 15.2. The van der Waals surface area contributed by atoms with E-state index in [1.165, 1.54) is 6.42 Å². The molecule has 1 saturated heterocycles. The smallest absolute Gasteiger partial charge is 0.172 e. The van der Waals surface area contributed by atoms with Crippen LogP contribution in [0.3, 0.4) is 0 Å². The lowest BCUT2D eigenvalue weighted by Gasteiger charge is -2.29. The maximum Gasteiger partial charge on any atom is 0.172 e. The number of hydrogen-bond acceptors (Lipinski definition) is 5. The molecule has 0 radical (unpaired) electrons. The molecule has 1 unspecified atom stereocenters. The Hall–Kier alpha value is -1.95. The number of ether oxygens (including phenoxy) is 2. The van der Waals surface area contributed by atoms with E-state index < -0.39 is 0 Å². The SMILES string of the molecule is COc1ccc(/C(N)=N/O)c(N(C)CC2CCCCO2)c1. The summed E-state index contributed by atoms with van der Waals surface area (Å²) < 4.78 is 11.0. The molecule has 3 N–H and O–H groups in total. The quantitative estimate of drug-likeness (QED) is 0.374. The van der Waals surface area contributed by atoms with Crippen LogP contribution in [-0.4, -0.2) is 44.5 Å². The maximum atomic E-state index is 8.93. The van der Waals surface area contributed by atoms with Crippen molar-refractivity contribution in [3.05, 3.63) is 23.8 Å². The van der Waals surface area contributed by atoms with Crippen LogP contribution in [0.15, 0.2) is 23.4 Å². The molecule has 1 fully saturated rings. The average molecular weight is 293 g/mol. The van der Waals surface area contributed by atoms with E-state index in [0.29, 0.717) is 5.56 Å². The molecule has 1 aromatic carbocycles. The fourth-order valence-corrected chi connectivity index (χ4v) is 2.58. The van der Waals surface area contributed by atoms with Gasteiger partial charge in [-0.15, -0.1) is 0 Å². The monoisotopic (exact) mass is 293 g/mol. The van der Waals surface area contributed by atoms with Gasteiger partial charge in [-0.2, -0.15) is 0 Å². The van der Waals surface area contributed by atoms with E-state index in [4.69, 9.17) is 20.4 Å². The van der Waals surface area contributed by atoms with Crippen LogP contribution >= 0.6 is 0 Å². The minimum atomic E-state index is 0.0871. The molecule has 0 aliphatic carbocycles. The molecular formula is C15H23N3O3. The molecule has 2 rings (SSSR count). The number of oxime groups is 1. The van der Waals surface area contributed by atoms with Crippen molar-refractivity contribution in [1.82, 2.24) is 0 Å². The highest BCUT2D eigenvalue weighted by molar-refractivity contribution is 6.02. The number of amidine groups is 1. The molecule has 0 amide bonds. The number of nitrogens with two attached hydrogens (primary N) is 1. The Morgan fingerprint density at radius 2 is 2.33 bits per heavy atom. The van der Waals surface area contributed by atoms with Crippen LogP contribution in [-0.2, 0) is 4.74 Å². The van der Waals surface area contributed by atoms with Crippen molar-refractivity contribution in [2.45, 2.75) is 25.4 Å². The van der Waals surface area contributed by atoms with Gasteiger partial charge in [-0.05, 0) is 31.4 Å². The first-order chi connectivity index (χ1) is 10.2. The summed E-state index contributed by atoms with van der Waals surface area (Å²) in [6, 6.07) is 5.47. The third kappa shape index (κ3) is 3.78. The Balaban J connectivity index is 2.22. The van der Waals surface area contributed by atoms with Gasteiger partial charge in [-0.1, -0.05) is 5.16 Å². The van der Waals surface area contributed by atoms with Gasteiger partial charge >= 0.3 is 0 Å². The van der Waals surface area contributed by atoms with Gasteiger partial charge in [-0.3, -0.25) is 0 Å². The van der Waals surface area contributed by atoms with Crippen molar-refractivity contribution in [2.75, 3.05) is 32.2 Å². The number of benzene rings is 1. The Morgan fingerprint density at radius 3 is 2.95 bits per heavy atom. The highest BCUT2D eigenvalue weighted by Crippen LogP contribution is 2.26. The normalized spacial score (nSPS) is 19.3. The van der Waals surface area contributed by atoms with Crippen LogP contribution in [0.25, 0.3) is 0 Å². The van der Waals surface area contributed by atoms with Crippen molar-refractivity contribution in [3.63, 3.8) is 0 Å². The molecule has 0 spiro atoms. The number of likely N-dealkylation sites (N-methyl/N-ethyl adjacent to an activating group) is 1. The summed E-state index contributed by atoms with van der Waals surface area (Å²) in [5.41, 5.74) is 7.30. The zero-order valence-corrected chi connectivity index (χ0v) is 12.6. The lowest BCUT2D eigenvalue weighted by atomic mass is 10.1. The maximum absolute atomic E-state index is 8.93. The summed E-state index contributed by atoms with van der Waals surface area (Å²) >= 11 is 0. The van der Waals surface area contributed by atoms with Crippen molar-refractivity contribution in [1.29, 1.82) is 0 Å². The van der Waals surface area contributed by atoms with Gasteiger partial charge in [0.05, 0.1) is 18.9 Å². The summed E-state index contributed by atoms with van der Waals surface area (Å²) in [7, 11) is 3.59. The van der Waals surface area contributed by atoms with Crippen molar-refractivity contribution in [3.8, 4) is 5.75 Å². The summed E-state index contributed by atoms with van der Waals surface area (Å²) in [4.78, 5) is 2.06. The van der Waals surface area contributed by atoms with Crippen molar-refractivity contribution in [2.24, 2.45) is 10.9 Å². The van der Waals surface area contributed by atoms with Crippen LogP contribution in [0.2, 0.25) is 0 Å². The highest BCUT2D eigenvalue weighted by atomic mass is 16.5. The van der Waals surface area contributed by atoms with Crippen LogP contribution in [0, 0.1) is 0 Å². The molecular weight excluding hydrogens is 270 g/mol. The van der Waals surface area contributed by atoms with Crippen LogP contribution in [0.4, 0.5) is 5.69 Å². The van der Waals surface area contributed by atoms with Gasteiger partial charge in [0.2, 0.25) is 0 Å².